The quantitative estimate of drug-likeness (QED) is 0.833. The molecule has 1 aliphatic rings. The number of carbonyl (C=O) groups is 1. The maximum absolute atomic E-state index is 11.7. The molecule has 0 radical (unpaired) electrons. The van der Waals surface area contributed by atoms with Gasteiger partial charge in [-0.2, -0.15) is 0 Å². The number of ether oxygens (including phenoxy) is 1. The number of rotatable bonds is 4. The highest BCUT2D eigenvalue weighted by atomic mass is 16.5. The molecule has 0 N–H and O–H groups in total. The van der Waals surface area contributed by atoms with Gasteiger partial charge in [0.05, 0.1) is 6.61 Å². The van der Waals surface area contributed by atoms with Crippen LogP contribution in [0.5, 0.6) is 5.75 Å². The van der Waals surface area contributed by atoms with E-state index in [4.69, 9.17) is 4.74 Å². The second-order valence-electron chi connectivity index (χ2n) is 5.28. The molecule has 1 aliphatic heterocycles. The van der Waals surface area contributed by atoms with E-state index < -0.39 is 0 Å². The largest absolute Gasteiger partial charge is 0.493 e. The number of para-hydroxylation sites is 1. The highest BCUT2D eigenvalue weighted by Gasteiger charge is 2.23. The Morgan fingerprint density at radius 3 is 2.95 bits per heavy atom. The minimum Gasteiger partial charge on any atom is -0.493 e. The van der Waals surface area contributed by atoms with Crippen LogP contribution in [0.25, 0.3) is 0 Å². The van der Waals surface area contributed by atoms with Crippen LogP contribution in [0.1, 0.15) is 31.7 Å². The number of amides is 1. The fourth-order valence-electron chi connectivity index (χ4n) is 2.58. The third kappa shape index (κ3) is 3.72. The molecule has 0 bridgehead atoms. The van der Waals surface area contributed by atoms with Crippen LogP contribution in [0.2, 0.25) is 0 Å². The molecule has 1 amide bonds. The molecule has 1 atom stereocenters. The molecule has 0 aliphatic carbocycles. The van der Waals surface area contributed by atoms with E-state index in [2.05, 4.69) is 13.0 Å². The van der Waals surface area contributed by atoms with Crippen LogP contribution < -0.4 is 4.74 Å². The van der Waals surface area contributed by atoms with E-state index in [0.29, 0.717) is 18.9 Å². The molecule has 1 aromatic carbocycles. The van der Waals surface area contributed by atoms with Crippen molar-refractivity contribution in [2.75, 3.05) is 19.7 Å². The van der Waals surface area contributed by atoms with Crippen molar-refractivity contribution >= 4 is 5.91 Å². The Morgan fingerprint density at radius 2 is 2.21 bits per heavy atom. The minimum atomic E-state index is 0.264. The Hall–Kier alpha value is -1.51. The van der Waals surface area contributed by atoms with Gasteiger partial charge in [0.1, 0.15) is 5.75 Å². The maximum Gasteiger partial charge on any atom is 0.222 e. The lowest BCUT2D eigenvalue weighted by Crippen LogP contribution is -2.41. The van der Waals surface area contributed by atoms with Crippen molar-refractivity contribution in [3.05, 3.63) is 29.8 Å². The first kappa shape index (κ1) is 13.9. The Labute approximate surface area is 115 Å². The predicted molar refractivity (Wildman–Crippen MR) is 76.3 cm³/mol. The van der Waals surface area contributed by atoms with Gasteiger partial charge in [0, 0.05) is 25.4 Å². The molecule has 1 fully saturated rings. The van der Waals surface area contributed by atoms with E-state index in [1.807, 2.05) is 30.0 Å². The Bertz CT molecular complexity index is 431. The highest BCUT2D eigenvalue weighted by molar-refractivity contribution is 5.75. The standard InChI is InChI=1S/C16H23NO2/c1-3-16(18)17-10-6-8-14(11-17)12-19-15-9-5-4-7-13(15)2/h4-5,7,9,14H,3,6,8,10-12H2,1-2H3. The number of likely N-dealkylation sites (tertiary alicyclic amines) is 1. The molecule has 1 heterocycles. The summed E-state index contributed by atoms with van der Waals surface area (Å²) >= 11 is 0. The Balaban J connectivity index is 1.86. The van der Waals surface area contributed by atoms with Crippen LogP contribution in [-0.2, 0) is 4.79 Å². The van der Waals surface area contributed by atoms with Crippen LogP contribution >= 0.6 is 0 Å². The van der Waals surface area contributed by atoms with Crippen LogP contribution in [0.15, 0.2) is 24.3 Å². The van der Waals surface area contributed by atoms with Crippen molar-refractivity contribution < 1.29 is 9.53 Å². The first-order valence-corrected chi connectivity index (χ1v) is 7.17. The fourth-order valence-corrected chi connectivity index (χ4v) is 2.58. The molecule has 19 heavy (non-hydrogen) atoms. The third-order valence-corrected chi connectivity index (χ3v) is 3.74. The van der Waals surface area contributed by atoms with Crippen molar-refractivity contribution in [1.82, 2.24) is 4.90 Å². The van der Waals surface area contributed by atoms with Gasteiger partial charge >= 0.3 is 0 Å². The summed E-state index contributed by atoms with van der Waals surface area (Å²) in [5, 5.41) is 0. The van der Waals surface area contributed by atoms with Crippen LogP contribution in [0.3, 0.4) is 0 Å². The zero-order valence-electron chi connectivity index (χ0n) is 11.9. The molecule has 3 nitrogen and oxygen atoms in total. The summed E-state index contributed by atoms with van der Waals surface area (Å²) in [5.41, 5.74) is 1.17. The summed E-state index contributed by atoms with van der Waals surface area (Å²) in [5.74, 6) is 1.69. The summed E-state index contributed by atoms with van der Waals surface area (Å²) in [6, 6.07) is 8.08. The number of carbonyl (C=O) groups excluding carboxylic acids is 1. The number of nitrogens with zero attached hydrogens (tertiary/aromatic N) is 1. The van der Waals surface area contributed by atoms with Crippen molar-refractivity contribution in [2.24, 2.45) is 5.92 Å². The van der Waals surface area contributed by atoms with Gasteiger partial charge in [-0.15, -0.1) is 0 Å². The molecule has 0 spiro atoms. The molecule has 2 rings (SSSR count). The van der Waals surface area contributed by atoms with E-state index in [1.165, 1.54) is 5.56 Å². The third-order valence-electron chi connectivity index (χ3n) is 3.74. The van der Waals surface area contributed by atoms with Gasteiger partial charge in [-0.1, -0.05) is 25.1 Å². The molecule has 1 aromatic rings. The Kier molecular flexibility index (Phi) is 4.83. The molecule has 104 valence electrons. The topological polar surface area (TPSA) is 29.5 Å². The van der Waals surface area contributed by atoms with E-state index in [0.717, 1.165) is 31.7 Å². The van der Waals surface area contributed by atoms with Gasteiger partial charge in [-0.3, -0.25) is 4.79 Å². The maximum atomic E-state index is 11.7. The summed E-state index contributed by atoms with van der Waals surface area (Å²) < 4.78 is 5.90. The number of benzene rings is 1. The molecule has 0 aromatic heterocycles. The van der Waals surface area contributed by atoms with Gasteiger partial charge in [0.2, 0.25) is 5.91 Å². The second kappa shape index (κ2) is 6.60. The smallest absolute Gasteiger partial charge is 0.222 e. The van der Waals surface area contributed by atoms with E-state index in [9.17, 15) is 4.79 Å². The summed E-state index contributed by atoms with van der Waals surface area (Å²) in [6.07, 6.45) is 2.85. The molecule has 3 heteroatoms. The number of aryl methyl sites for hydroxylation is 1. The van der Waals surface area contributed by atoms with Gasteiger partial charge in [-0.25, -0.2) is 0 Å². The van der Waals surface area contributed by atoms with E-state index >= 15 is 0 Å². The minimum absolute atomic E-state index is 0.264. The first-order valence-electron chi connectivity index (χ1n) is 7.17. The van der Waals surface area contributed by atoms with Gasteiger partial charge < -0.3 is 9.64 Å². The molecular formula is C16H23NO2. The molecule has 1 unspecified atom stereocenters. The average Bonchev–Trinajstić information content (AvgIpc) is 2.46. The molecule has 0 saturated carbocycles. The van der Waals surface area contributed by atoms with Crippen molar-refractivity contribution in [3.8, 4) is 5.75 Å². The van der Waals surface area contributed by atoms with Crippen LogP contribution in [0, 0.1) is 12.8 Å². The fraction of sp³-hybridized carbons (Fsp3) is 0.562. The summed E-state index contributed by atoms with van der Waals surface area (Å²) in [4.78, 5) is 13.7. The molecule has 1 saturated heterocycles. The van der Waals surface area contributed by atoms with Gasteiger partial charge in [-0.05, 0) is 31.4 Å². The lowest BCUT2D eigenvalue weighted by Gasteiger charge is -2.32. The zero-order chi connectivity index (χ0) is 13.7. The SMILES string of the molecule is CCC(=O)N1CCCC(COc2ccccc2C)C1. The van der Waals surface area contributed by atoms with Crippen molar-refractivity contribution in [2.45, 2.75) is 33.1 Å². The lowest BCUT2D eigenvalue weighted by molar-refractivity contribution is -0.132. The monoisotopic (exact) mass is 261 g/mol. The zero-order valence-corrected chi connectivity index (χ0v) is 11.9. The first-order chi connectivity index (χ1) is 9.20. The van der Waals surface area contributed by atoms with E-state index in [-0.39, 0.29) is 5.91 Å². The van der Waals surface area contributed by atoms with Crippen LogP contribution in [-0.4, -0.2) is 30.5 Å². The normalized spacial score (nSPS) is 19.3. The number of piperidine rings is 1. The summed E-state index contributed by atoms with van der Waals surface area (Å²) in [7, 11) is 0. The number of hydrogen-bond donors (Lipinski definition) is 0. The Morgan fingerprint density at radius 1 is 1.42 bits per heavy atom. The average molecular weight is 261 g/mol. The van der Waals surface area contributed by atoms with Crippen LogP contribution in [0.4, 0.5) is 0 Å². The van der Waals surface area contributed by atoms with Gasteiger partial charge in [0.15, 0.2) is 0 Å². The second-order valence-corrected chi connectivity index (χ2v) is 5.28. The van der Waals surface area contributed by atoms with Gasteiger partial charge in [0.25, 0.3) is 0 Å². The number of hydrogen-bond acceptors (Lipinski definition) is 2. The summed E-state index contributed by atoms with van der Waals surface area (Å²) in [6.45, 7) is 6.45. The van der Waals surface area contributed by atoms with E-state index in [1.54, 1.807) is 0 Å². The highest BCUT2D eigenvalue weighted by Crippen LogP contribution is 2.21. The van der Waals surface area contributed by atoms with Crippen molar-refractivity contribution in [3.63, 3.8) is 0 Å². The predicted octanol–water partition coefficient (Wildman–Crippen LogP) is 3.02. The lowest BCUT2D eigenvalue weighted by atomic mass is 9.98. The molecular weight excluding hydrogens is 238 g/mol. The van der Waals surface area contributed by atoms with Crippen molar-refractivity contribution in [1.29, 1.82) is 0 Å².